The van der Waals surface area contributed by atoms with E-state index in [1.807, 2.05) is 20.8 Å². The van der Waals surface area contributed by atoms with Crippen molar-refractivity contribution in [1.29, 1.82) is 0 Å². The van der Waals surface area contributed by atoms with Gasteiger partial charge in [0.25, 0.3) is 0 Å². The van der Waals surface area contributed by atoms with Gasteiger partial charge in [0.2, 0.25) is 0 Å². The fraction of sp³-hybridized carbons (Fsp3) is 0.333. The molecule has 0 N–H and O–H groups in total. The predicted octanol–water partition coefficient (Wildman–Crippen LogP) is -0.233. The normalized spacial score (nSPS) is 7.93. The van der Waals surface area contributed by atoms with Crippen molar-refractivity contribution in [3.8, 4) is 0 Å². The van der Waals surface area contributed by atoms with Crippen molar-refractivity contribution in [1.82, 2.24) is 0 Å². The summed E-state index contributed by atoms with van der Waals surface area (Å²) in [6.45, 7) is 5.81. The van der Waals surface area contributed by atoms with Crippen LogP contribution in [0.5, 0.6) is 0 Å². The van der Waals surface area contributed by atoms with Gasteiger partial charge in [-0.15, -0.1) is 12.1 Å². The summed E-state index contributed by atoms with van der Waals surface area (Å²) >= 11 is 0. The van der Waals surface area contributed by atoms with Gasteiger partial charge in [-0.3, -0.25) is 4.79 Å². The smallest absolute Gasteiger partial charge is 0.376 e. The van der Waals surface area contributed by atoms with Gasteiger partial charge in [0.05, 0.1) is 6.29 Å². The Bertz CT molecular complexity index is 291. The van der Waals surface area contributed by atoms with Crippen LogP contribution in [0.3, 0.4) is 0 Å². The van der Waals surface area contributed by atoms with Crippen molar-refractivity contribution in [3.63, 3.8) is 0 Å². The molecular weight excluding hydrogens is 215 g/mol. The van der Waals surface area contributed by atoms with Crippen LogP contribution in [0.1, 0.15) is 43.1 Å². The molecule has 1 aromatic rings. The third-order valence-electron chi connectivity index (χ3n) is 1.65. The monoisotopic (exact) mass is 230 g/mol. The van der Waals surface area contributed by atoms with Crippen LogP contribution in [0, 0.1) is 0 Å². The van der Waals surface area contributed by atoms with E-state index in [9.17, 15) is 9.59 Å². The number of hydrogen-bond donors (Lipinski definition) is 0. The second-order valence-electron chi connectivity index (χ2n) is 2.46. The Morgan fingerprint density at radius 2 is 1.67 bits per heavy atom. The molecule has 0 aliphatic heterocycles. The number of carbonyl (C=O) groups is 1. The minimum absolute atomic E-state index is 0. The molecular formula is C12H15KO2. The van der Waals surface area contributed by atoms with Gasteiger partial charge in [-0.1, -0.05) is 20.8 Å². The zero-order valence-electron chi connectivity index (χ0n) is 9.83. The van der Waals surface area contributed by atoms with E-state index < -0.39 is 0 Å². The molecule has 3 heteroatoms. The number of ketones is 1. The molecule has 2 nitrogen and oxygen atoms in total. The average Bonchev–Trinajstić information content (AvgIpc) is 2.31. The molecule has 15 heavy (non-hydrogen) atoms. The van der Waals surface area contributed by atoms with Crippen LogP contribution in [0.4, 0.5) is 0 Å². The van der Waals surface area contributed by atoms with Crippen LogP contribution in [-0.2, 0) is 4.79 Å². The van der Waals surface area contributed by atoms with E-state index in [0.29, 0.717) is 17.5 Å². The van der Waals surface area contributed by atoms with Crippen LogP contribution in [0.25, 0.3) is 0 Å². The van der Waals surface area contributed by atoms with Crippen molar-refractivity contribution < 1.29 is 61.0 Å². The van der Waals surface area contributed by atoms with E-state index in [0.717, 1.165) is 0 Å². The molecule has 0 heterocycles. The summed E-state index contributed by atoms with van der Waals surface area (Å²) in [6, 6.07) is 6.48. The SMILES string of the molecule is CC.CCC(=O)c1ccc([C-]=O)cc1.[K+]. The third-order valence-corrected chi connectivity index (χ3v) is 1.65. The van der Waals surface area contributed by atoms with Crippen LogP contribution in [0.15, 0.2) is 24.3 Å². The van der Waals surface area contributed by atoms with E-state index in [1.54, 1.807) is 30.6 Å². The second kappa shape index (κ2) is 10.7. The molecule has 0 spiro atoms. The molecule has 0 aromatic heterocycles. The molecule has 1 rings (SSSR count). The Hall–Kier alpha value is 0.196. The molecule has 0 fully saturated rings. The van der Waals surface area contributed by atoms with Gasteiger partial charge in [0, 0.05) is 6.42 Å². The van der Waals surface area contributed by atoms with Crippen LogP contribution >= 0.6 is 0 Å². The minimum Gasteiger partial charge on any atom is -0.376 e. The molecule has 0 saturated heterocycles. The fourth-order valence-corrected chi connectivity index (χ4v) is 0.928. The Kier molecular flexibility index (Phi) is 12.6. The fourth-order valence-electron chi connectivity index (χ4n) is 0.928. The van der Waals surface area contributed by atoms with E-state index in [4.69, 9.17) is 0 Å². The van der Waals surface area contributed by atoms with Crippen molar-refractivity contribution in [2.75, 3.05) is 0 Å². The van der Waals surface area contributed by atoms with Crippen LogP contribution in [-0.4, -0.2) is 12.1 Å². The van der Waals surface area contributed by atoms with Gasteiger partial charge in [-0.05, 0) is 5.56 Å². The van der Waals surface area contributed by atoms with Crippen molar-refractivity contribution in [2.24, 2.45) is 0 Å². The van der Waals surface area contributed by atoms with Crippen molar-refractivity contribution in [2.45, 2.75) is 27.2 Å². The summed E-state index contributed by atoms with van der Waals surface area (Å²) in [7, 11) is 0. The molecule has 0 atom stereocenters. The van der Waals surface area contributed by atoms with Crippen molar-refractivity contribution >= 4 is 12.1 Å². The molecule has 0 bridgehead atoms. The van der Waals surface area contributed by atoms with E-state index in [-0.39, 0.29) is 57.2 Å². The van der Waals surface area contributed by atoms with Gasteiger partial charge in [0.1, 0.15) is 0 Å². The zero-order valence-corrected chi connectivity index (χ0v) is 13.0. The molecule has 0 saturated carbocycles. The Balaban J connectivity index is 0. The maximum absolute atomic E-state index is 11.1. The third kappa shape index (κ3) is 6.38. The number of rotatable bonds is 3. The maximum atomic E-state index is 11.1. The standard InChI is InChI=1S/C10H9O2.C2H6.K/c1-2-10(12)9-5-3-8(7-11)4-6-9;1-2;/h3-6H,2H2,1H3;1-2H3;/q-1;;+1. The maximum Gasteiger partial charge on any atom is 1.00 e. The summed E-state index contributed by atoms with van der Waals surface area (Å²) in [5.41, 5.74) is 1.12. The molecule has 1 aromatic carbocycles. The topological polar surface area (TPSA) is 34.1 Å². The predicted molar refractivity (Wildman–Crippen MR) is 57.2 cm³/mol. The first kappa shape index (κ1) is 17.6. The summed E-state index contributed by atoms with van der Waals surface area (Å²) in [5, 5.41) is 0. The molecule has 0 aliphatic carbocycles. The first-order chi connectivity index (χ1) is 6.77. The second-order valence-corrected chi connectivity index (χ2v) is 2.46. The number of carbonyl (C=O) groups excluding carboxylic acids is 2. The molecule has 0 aliphatic rings. The van der Waals surface area contributed by atoms with Gasteiger partial charge in [-0.25, -0.2) is 0 Å². The van der Waals surface area contributed by atoms with Crippen LogP contribution < -0.4 is 51.4 Å². The number of Topliss-reactive ketones (excluding diaryl/α,β-unsaturated/α-hetero) is 1. The summed E-state index contributed by atoms with van der Waals surface area (Å²) in [4.78, 5) is 21.3. The van der Waals surface area contributed by atoms with E-state index in [2.05, 4.69) is 0 Å². The largest absolute Gasteiger partial charge is 1.00 e. The number of benzene rings is 1. The summed E-state index contributed by atoms with van der Waals surface area (Å²) in [6.07, 6.45) is 2.24. The molecule has 0 radical (unpaired) electrons. The van der Waals surface area contributed by atoms with Gasteiger partial charge < -0.3 is 4.79 Å². The minimum atomic E-state index is 0. The average molecular weight is 230 g/mol. The quantitative estimate of drug-likeness (QED) is 0.408. The van der Waals surface area contributed by atoms with Crippen LogP contribution in [0.2, 0.25) is 0 Å². The summed E-state index contributed by atoms with van der Waals surface area (Å²) < 4.78 is 0. The first-order valence-electron chi connectivity index (χ1n) is 4.79. The van der Waals surface area contributed by atoms with Gasteiger partial charge >= 0.3 is 51.4 Å². The molecule has 0 unspecified atom stereocenters. The number of hydrogen-bond acceptors (Lipinski definition) is 2. The zero-order chi connectivity index (χ0) is 11.0. The Labute approximate surface area is 134 Å². The summed E-state index contributed by atoms with van der Waals surface area (Å²) in [5.74, 6) is 0.0902. The molecule has 0 amide bonds. The Morgan fingerprint density at radius 3 is 2.00 bits per heavy atom. The molecule has 76 valence electrons. The van der Waals surface area contributed by atoms with E-state index >= 15 is 0 Å². The Morgan fingerprint density at radius 1 is 1.20 bits per heavy atom. The van der Waals surface area contributed by atoms with Gasteiger partial charge in [-0.2, -0.15) is 17.7 Å². The van der Waals surface area contributed by atoms with Crippen molar-refractivity contribution in [3.05, 3.63) is 35.4 Å². The first-order valence-corrected chi connectivity index (χ1v) is 4.79. The van der Waals surface area contributed by atoms with E-state index in [1.165, 1.54) is 0 Å². The van der Waals surface area contributed by atoms with Gasteiger partial charge in [0.15, 0.2) is 5.78 Å².